The number of anilines is 2. The molecule has 0 aliphatic carbocycles. The fraction of sp³-hybridized carbons (Fsp3) is 0.609. The molecule has 2 aromatic heterocycles. The third kappa shape index (κ3) is 4.30. The van der Waals surface area contributed by atoms with Crippen LogP contribution in [0.15, 0.2) is 34.4 Å². The SMILES string of the molecule is C[C@H]1CC2(CCN(c3ncc(Sc4cccnc4N4CC(CF)C4)nc3CO)CC2)CO1. The molecular weight excluding hydrogens is 429 g/mol. The summed E-state index contributed by atoms with van der Waals surface area (Å²) in [6.45, 7) is 5.75. The van der Waals surface area contributed by atoms with Crippen LogP contribution in [0, 0.1) is 11.3 Å². The summed E-state index contributed by atoms with van der Waals surface area (Å²) in [7, 11) is 0. The van der Waals surface area contributed by atoms with E-state index in [4.69, 9.17) is 14.7 Å². The van der Waals surface area contributed by atoms with E-state index in [-0.39, 0.29) is 19.2 Å². The monoisotopic (exact) mass is 459 g/mol. The van der Waals surface area contributed by atoms with E-state index in [0.29, 0.717) is 30.3 Å². The van der Waals surface area contributed by atoms with Crippen LogP contribution in [0.4, 0.5) is 16.0 Å². The van der Waals surface area contributed by atoms with Gasteiger partial charge in [0.25, 0.3) is 0 Å². The molecule has 7 nitrogen and oxygen atoms in total. The topological polar surface area (TPSA) is 74.6 Å². The zero-order valence-electron chi connectivity index (χ0n) is 18.4. The Morgan fingerprint density at radius 3 is 2.72 bits per heavy atom. The molecule has 3 fully saturated rings. The van der Waals surface area contributed by atoms with Crippen LogP contribution >= 0.6 is 11.8 Å². The molecule has 1 spiro atoms. The molecule has 0 aromatic carbocycles. The minimum absolute atomic E-state index is 0.0950. The van der Waals surface area contributed by atoms with Crippen LogP contribution in [0.5, 0.6) is 0 Å². The van der Waals surface area contributed by atoms with E-state index in [9.17, 15) is 9.50 Å². The summed E-state index contributed by atoms with van der Waals surface area (Å²) in [6.07, 6.45) is 7.18. The molecule has 0 unspecified atom stereocenters. The summed E-state index contributed by atoms with van der Waals surface area (Å²) in [5, 5.41) is 10.7. The lowest BCUT2D eigenvalue weighted by Crippen LogP contribution is -2.48. The molecule has 0 amide bonds. The van der Waals surface area contributed by atoms with Crippen LogP contribution in [0.3, 0.4) is 0 Å². The van der Waals surface area contributed by atoms with Gasteiger partial charge in [-0.2, -0.15) is 0 Å². The first-order valence-electron chi connectivity index (χ1n) is 11.4. The maximum absolute atomic E-state index is 12.8. The molecule has 2 aromatic rings. The predicted molar refractivity (Wildman–Crippen MR) is 122 cm³/mol. The summed E-state index contributed by atoms with van der Waals surface area (Å²) >= 11 is 1.48. The molecule has 0 bridgehead atoms. The summed E-state index contributed by atoms with van der Waals surface area (Å²) in [5.41, 5.74) is 0.904. The lowest BCUT2D eigenvalue weighted by molar-refractivity contribution is 0.0975. The number of rotatable bonds is 6. The van der Waals surface area contributed by atoms with Gasteiger partial charge in [0.15, 0.2) is 5.82 Å². The van der Waals surface area contributed by atoms with Gasteiger partial charge in [-0.25, -0.2) is 15.0 Å². The highest BCUT2D eigenvalue weighted by atomic mass is 32.2. The average Bonchev–Trinajstić information content (AvgIpc) is 3.14. The van der Waals surface area contributed by atoms with Crippen molar-refractivity contribution < 1.29 is 14.2 Å². The number of piperidine rings is 1. The van der Waals surface area contributed by atoms with Crippen molar-refractivity contribution >= 4 is 23.4 Å². The zero-order valence-corrected chi connectivity index (χ0v) is 19.2. The summed E-state index contributed by atoms with van der Waals surface area (Å²) in [5.74, 6) is 1.73. The fourth-order valence-electron chi connectivity index (χ4n) is 5.06. The van der Waals surface area contributed by atoms with Crippen LogP contribution in [-0.4, -0.2) is 65.6 Å². The summed E-state index contributed by atoms with van der Waals surface area (Å²) in [4.78, 5) is 19.2. The first-order chi connectivity index (χ1) is 15.6. The van der Waals surface area contributed by atoms with Gasteiger partial charge in [-0.05, 0) is 43.7 Å². The van der Waals surface area contributed by atoms with E-state index < -0.39 is 0 Å². The Morgan fingerprint density at radius 2 is 2.03 bits per heavy atom. The number of aliphatic hydroxyl groups excluding tert-OH is 1. The molecule has 1 N–H and O–H groups in total. The quantitative estimate of drug-likeness (QED) is 0.705. The van der Waals surface area contributed by atoms with Crippen LogP contribution < -0.4 is 9.80 Å². The maximum atomic E-state index is 12.8. The molecule has 3 saturated heterocycles. The second kappa shape index (κ2) is 9.11. The number of halogens is 1. The number of pyridine rings is 1. The van der Waals surface area contributed by atoms with Gasteiger partial charge in [-0.1, -0.05) is 11.8 Å². The molecule has 3 aliphatic rings. The third-order valence-electron chi connectivity index (χ3n) is 6.91. The van der Waals surface area contributed by atoms with Gasteiger partial charge in [0.05, 0.1) is 37.1 Å². The highest BCUT2D eigenvalue weighted by molar-refractivity contribution is 7.99. The van der Waals surface area contributed by atoms with Crippen LogP contribution in [-0.2, 0) is 11.3 Å². The average molecular weight is 460 g/mol. The van der Waals surface area contributed by atoms with E-state index in [2.05, 4.69) is 21.7 Å². The Kier molecular flexibility index (Phi) is 6.22. The predicted octanol–water partition coefficient (Wildman–Crippen LogP) is 3.32. The van der Waals surface area contributed by atoms with Gasteiger partial charge in [0.1, 0.15) is 16.5 Å². The normalized spacial score (nSPS) is 23.0. The van der Waals surface area contributed by atoms with Gasteiger partial charge >= 0.3 is 0 Å². The Bertz CT molecular complexity index is 950. The van der Waals surface area contributed by atoms with Gasteiger partial charge in [-0.15, -0.1) is 0 Å². The largest absolute Gasteiger partial charge is 0.390 e. The van der Waals surface area contributed by atoms with Crippen molar-refractivity contribution in [3.05, 3.63) is 30.2 Å². The third-order valence-corrected chi connectivity index (χ3v) is 7.85. The molecule has 0 saturated carbocycles. The lowest BCUT2D eigenvalue weighted by Gasteiger charge is -2.39. The van der Waals surface area contributed by atoms with Crippen molar-refractivity contribution in [2.75, 3.05) is 49.3 Å². The van der Waals surface area contributed by atoms with Crippen molar-refractivity contribution in [3.63, 3.8) is 0 Å². The molecular formula is C23H30FN5O2S. The number of hydrogen-bond donors (Lipinski definition) is 1. The Hall–Kier alpha value is -1.97. The number of aliphatic hydroxyl groups is 1. The number of alkyl halides is 1. The first kappa shape index (κ1) is 21.9. The lowest BCUT2D eigenvalue weighted by atomic mass is 9.77. The van der Waals surface area contributed by atoms with E-state index in [0.717, 1.165) is 60.5 Å². The fourth-order valence-corrected chi connectivity index (χ4v) is 5.97. The molecule has 1 atom stereocenters. The number of ether oxygens (including phenoxy) is 1. The zero-order chi connectivity index (χ0) is 22.1. The number of hydrogen-bond acceptors (Lipinski definition) is 8. The smallest absolute Gasteiger partial charge is 0.152 e. The second-order valence-electron chi connectivity index (χ2n) is 9.30. The molecule has 172 valence electrons. The van der Waals surface area contributed by atoms with Crippen LogP contribution in [0.1, 0.15) is 31.9 Å². The van der Waals surface area contributed by atoms with E-state index in [1.165, 1.54) is 11.8 Å². The molecule has 9 heteroatoms. The summed E-state index contributed by atoms with van der Waals surface area (Å²) < 4.78 is 18.7. The van der Waals surface area contributed by atoms with Gasteiger partial charge < -0.3 is 19.6 Å². The number of nitrogens with zero attached hydrogens (tertiary/aromatic N) is 5. The van der Waals surface area contributed by atoms with E-state index in [1.54, 1.807) is 12.4 Å². The Morgan fingerprint density at radius 1 is 1.22 bits per heavy atom. The molecule has 5 heterocycles. The van der Waals surface area contributed by atoms with Gasteiger partial charge in [-0.3, -0.25) is 4.39 Å². The van der Waals surface area contributed by atoms with Crippen LogP contribution in [0.2, 0.25) is 0 Å². The van der Waals surface area contributed by atoms with Crippen LogP contribution in [0.25, 0.3) is 0 Å². The van der Waals surface area contributed by atoms with Gasteiger partial charge in [0.2, 0.25) is 0 Å². The van der Waals surface area contributed by atoms with E-state index in [1.807, 2.05) is 12.1 Å². The minimum Gasteiger partial charge on any atom is -0.390 e. The summed E-state index contributed by atoms with van der Waals surface area (Å²) in [6, 6.07) is 3.89. The highest BCUT2D eigenvalue weighted by Crippen LogP contribution is 2.43. The number of aromatic nitrogens is 3. The van der Waals surface area contributed by atoms with Crippen molar-refractivity contribution in [2.45, 2.75) is 48.8 Å². The van der Waals surface area contributed by atoms with Crippen molar-refractivity contribution in [1.82, 2.24) is 15.0 Å². The Labute approximate surface area is 192 Å². The minimum atomic E-state index is -0.289. The van der Waals surface area contributed by atoms with Crippen molar-refractivity contribution in [2.24, 2.45) is 11.3 Å². The molecule has 0 radical (unpaired) electrons. The maximum Gasteiger partial charge on any atom is 0.152 e. The standard InChI is InChI=1S/C23H30FN5O2S/c1-16-9-23(15-31-16)4-7-28(8-5-23)21-18(14-30)27-20(11-26-21)32-19-3-2-6-25-22(19)29-12-17(10-24)13-29/h2-3,6,11,16-17,30H,4-5,7-10,12-15H2,1H3/t16-/m0/s1. The van der Waals surface area contributed by atoms with Crippen molar-refractivity contribution in [3.8, 4) is 0 Å². The van der Waals surface area contributed by atoms with E-state index >= 15 is 0 Å². The first-order valence-corrected chi connectivity index (χ1v) is 12.2. The molecule has 3 aliphatic heterocycles. The second-order valence-corrected chi connectivity index (χ2v) is 10.4. The molecule has 5 rings (SSSR count). The highest BCUT2D eigenvalue weighted by Gasteiger charge is 2.41. The van der Waals surface area contributed by atoms with Crippen molar-refractivity contribution in [1.29, 1.82) is 0 Å². The Balaban J connectivity index is 1.29. The molecule has 32 heavy (non-hydrogen) atoms. The van der Waals surface area contributed by atoms with Gasteiger partial charge in [0, 0.05) is 38.3 Å².